The van der Waals surface area contributed by atoms with Gasteiger partial charge in [-0.25, -0.2) is 0 Å². The minimum Gasteiger partial charge on any atom is -0.494 e. The molecule has 0 fully saturated rings. The average Bonchev–Trinajstić information content (AvgIpc) is 2.33. The van der Waals surface area contributed by atoms with Crippen LogP contribution in [-0.4, -0.2) is 20.3 Å². The molecule has 3 nitrogen and oxygen atoms in total. The molecule has 0 heterocycles. The van der Waals surface area contributed by atoms with Gasteiger partial charge in [-0.05, 0) is 30.5 Å². The fourth-order valence-electron chi connectivity index (χ4n) is 1.31. The summed E-state index contributed by atoms with van der Waals surface area (Å²) in [7, 11) is 1.70. The fourth-order valence-corrected chi connectivity index (χ4v) is 1.31. The van der Waals surface area contributed by atoms with Crippen LogP contribution in [0.2, 0.25) is 0 Å². The predicted molar refractivity (Wildman–Crippen MR) is 62.4 cm³/mol. The largest absolute Gasteiger partial charge is 0.494 e. The molecule has 0 aromatic heterocycles. The van der Waals surface area contributed by atoms with Crippen LogP contribution in [0, 0.1) is 11.3 Å². The number of hydrogen-bond acceptors (Lipinski definition) is 3. The first-order chi connectivity index (χ1) is 7.86. The molecule has 0 N–H and O–H groups in total. The van der Waals surface area contributed by atoms with Crippen molar-refractivity contribution < 1.29 is 9.47 Å². The van der Waals surface area contributed by atoms with E-state index in [2.05, 4.69) is 6.07 Å². The molecule has 0 amide bonds. The van der Waals surface area contributed by atoms with Gasteiger partial charge in [0, 0.05) is 13.5 Å². The molecule has 0 aliphatic heterocycles. The molecule has 1 aromatic carbocycles. The van der Waals surface area contributed by atoms with Crippen molar-refractivity contribution in [3.63, 3.8) is 0 Å². The zero-order chi connectivity index (χ0) is 11.6. The van der Waals surface area contributed by atoms with Crippen molar-refractivity contribution >= 4 is 0 Å². The fraction of sp³-hybridized carbons (Fsp3) is 0.462. The van der Waals surface area contributed by atoms with Gasteiger partial charge in [-0.1, -0.05) is 12.1 Å². The summed E-state index contributed by atoms with van der Waals surface area (Å²) in [6.45, 7) is 1.34. The van der Waals surface area contributed by atoms with E-state index in [0.717, 1.165) is 25.2 Å². The molecule has 16 heavy (non-hydrogen) atoms. The number of nitriles is 1. The normalized spacial score (nSPS) is 9.75. The summed E-state index contributed by atoms with van der Waals surface area (Å²) in [6.07, 6.45) is 2.25. The van der Waals surface area contributed by atoms with Gasteiger partial charge in [-0.2, -0.15) is 5.26 Å². The zero-order valence-electron chi connectivity index (χ0n) is 9.61. The zero-order valence-corrected chi connectivity index (χ0v) is 9.61. The van der Waals surface area contributed by atoms with Gasteiger partial charge in [0.2, 0.25) is 0 Å². The van der Waals surface area contributed by atoms with Crippen LogP contribution < -0.4 is 4.74 Å². The Labute approximate surface area is 96.6 Å². The van der Waals surface area contributed by atoms with E-state index in [0.29, 0.717) is 13.0 Å². The smallest absolute Gasteiger partial charge is 0.119 e. The third-order valence-corrected chi connectivity index (χ3v) is 2.22. The maximum Gasteiger partial charge on any atom is 0.119 e. The van der Waals surface area contributed by atoms with Crippen molar-refractivity contribution in [3.8, 4) is 11.8 Å². The number of unbranched alkanes of at least 4 members (excludes halogenated alkanes) is 1. The predicted octanol–water partition coefficient (Wildman–Crippen LogP) is 2.56. The molecule has 0 radical (unpaired) electrons. The number of methoxy groups -OCH3 is 1. The first kappa shape index (κ1) is 12.5. The molecule has 0 saturated carbocycles. The Balaban J connectivity index is 2.31. The molecular weight excluding hydrogens is 202 g/mol. The molecule has 3 heteroatoms. The number of rotatable bonds is 7. The Morgan fingerprint density at radius 1 is 1.19 bits per heavy atom. The van der Waals surface area contributed by atoms with Crippen molar-refractivity contribution in [1.29, 1.82) is 5.26 Å². The van der Waals surface area contributed by atoms with Crippen molar-refractivity contribution in [2.45, 2.75) is 19.3 Å². The highest BCUT2D eigenvalue weighted by molar-refractivity contribution is 5.27. The Morgan fingerprint density at radius 3 is 2.56 bits per heavy atom. The van der Waals surface area contributed by atoms with Gasteiger partial charge < -0.3 is 9.47 Å². The van der Waals surface area contributed by atoms with Gasteiger partial charge >= 0.3 is 0 Å². The number of benzene rings is 1. The quantitative estimate of drug-likeness (QED) is 0.662. The summed E-state index contributed by atoms with van der Waals surface area (Å²) in [5.41, 5.74) is 1.24. The van der Waals surface area contributed by atoms with Crippen molar-refractivity contribution in [1.82, 2.24) is 0 Å². The molecule has 0 aliphatic carbocycles. The van der Waals surface area contributed by atoms with Gasteiger partial charge in [-0.15, -0.1) is 0 Å². The first-order valence-electron chi connectivity index (χ1n) is 5.44. The van der Waals surface area contributed by atoms with Crippen LogP contribution in [0.3, 0.4) is 0 Å². The van der Waals surface area contributed by atoms with Gasteiger partial charge in [0.05, 0.1) is 19.3 Å². The topological polar surface area (TPSA) is 42.2 Å². The van der Waals surface area contributed by atoms with Crippen molar-refractivity contribution in [3.05, 3.63) is 29.8 Å². The Kier molecular flexibility index (Phi) is 6.05. The summed E-state index contributed by atoms with van der Waals surface area (Å²) < 4.78 is 10.5. The van der Waals surface area contributed by atoms with Crippen LogP contribution in [0.4, 0.5) is 0 Å². The Hall–Kier alpha value is -1.53. The third-order valence-electron chi connectivity index (χ3n) is 2.22. The minimum atomic E-state index is 0.548. The summed E-state index contributed by atoms with van der Waals surface area (Å²) in [6, 6.07) is 10.1. The molecule has 0 spiro atoms. The lowest BCUT2D eigenvalue weighted by atomic mass is 10.1. The van der Waals surface area contributed by atoms with E-state index in [1.54, 1.807) is 7.11 Å². The van der Waals surface area contributed by atoms with E-state index in [1.165, 1.54) is 5.56 Å². The molecular formula is C13H17NO2. The summed E-state index contributed by atoms with van der Waals surface area (Å²) in [4.78, 5) is 0. The standard InChI is InChI=1S/C13H17NO2/c1-15-11-8-12-4-6-13(7-5-12)16-10-3-2-9-14/h4-7H,2-3,8,10-11H2,1H3. The summed E-state index contributed by atoms with van der Waals surface area (Å²) in [5.74, 6) is 0.860. The molecule has 1 rings (SSSR count). The molecule has 0 atom stereocenters. The lowest BCUT2D eigenvalue weighted by Crippen LogP contribution is -1.97. The first-order valence-corrected chi connectivity index (χ1v) is 5.44. The van der Waals surface area contributed by atoms with Gasteiger partial charge in [0.1, 0.15) is 5.75 Å². The van der Waals surface area contributed by atoms with Crippen LogP contribution >= 0.6 is 0 Å². The number of nitrogens with zero attached hydrogens (tertiary/aromatic N) is 1. The van der Waals surface area contributed by atoms with Gasteiger partial charge in [0.15, 0.2) is 0 Å². The molecule has 0 unspecified atom stereocenters. The highest BCUT2D eigenvalue weighted by Crippen LogP contribution is 2.13. The van der Waals surface area contributed by atoms with E-state index in [4.69, 9.17) is 14.7 Å². The summed E-state index contributed by atoms with van der Waals surface area (Å²) in [5, 5.41) is 8.36. The molecule has 0 aliphatic rings. The lowest BCUT2D eigenvalue weighted by molar-refractivity contribution is 0.202. The van der Waals surface area contributed by atoms with E-state index < -0.39 is 0 Å². The van der Waals surface area contributed by atoms with Crippen LogP contribution in [-0.2, 0) is 11.2 Å². The van der Waals surface area contributed by atoms with E-state index in [-0.39, 0.29) is 0 Å². The van der Waals surface area contributed by atoms with Crippen molar-refractivity contribution in [2.75, 3.05) is 20.3 Å². The van der Waals surface area contributed by atoms with Crippen molar-refractivity contribution in [2.24, 2.45) is 0 Å². The summed E-state index contributed by atoms with van der Waals surface area (Å²) >= 11 is 0. The Bertz CT molecular complexity index is 327. The maximum absolute atomic E-state index is 8.36. The molecule has 0 bridgehead atoms. The van der Waals surface area contributed by atoms with E-state index in [1.807, 2.05) is 24.3 Å². The molecule has 1 aromatic rings. The van der Waals surface area contributed by atoms with E-state index in [9.17, 15) is 0 Å². The van der Waals surface area contributed by atoms with Gasteiger partial charge in [-0.3, -0.25) is 0 Å². The SMILES string of the molecule is COCCc1ccc(OCCCC#N)cc1. The number of ether oxygens (including phenoxy) is 2. The maximum atomic E-state index is 8.36. The highest BCUT2D eigenvalue weighted by atomic mass is 16.5. The Morgan fingerprint density at radius 2 is 1.94 bits per heavy atom. The van der Waals surface area contributed by atoms with Crippen LogP contribution in [0.25, 0.3) is 0 Å². The van der Waals surface area contributed by atoms with Crippen LogP contribution in [0.15, 0.2) is 24.3 Å². The van der Waals surface area contributed by atoms with E-state index >= 15 is 0 Å². The minimum absolute atomic E-state index is 0.548. The lowest BCUT2D eigenvalue weighted by Gasteiger charge is -2.06. The average molecular weight is 219 g/mol. The molecule has 86 valence electrons. The molecule has 0 saturated heterocycles. The van der Waals surface area contributed by atoms with Crippen LogP contribution in [0.1, 0.15) is 18.4 Å². The number of hydrogen-bond donors (Lipinski definition) is 0. The highest BCUT2D eigenvalue weighted by Gasteiger charge is 1.95. The monoisotopic (exact) mass is 219 g/mol. The van der Waals surface area contributed by atoms with Crippen LogP contribution in [0.5, 0.6) is 5.75 Å². The second-order valence-electron chi connectivity index (χ2n) is 3.50. The van der Waals surface area contributed by atoms with Gasteiger partial charge in [0.25, 0.3) is 0 Å². The second-order valence-corrected chi connectivity index (χ2v) is 3.50. The second kappa shape index (κ2) is 7.72. The third kappa shape index (κ3) is 4.81.